The van der Waals surface area contributed by atoms with Crippen LogP contribution in [0.15, 0.2) is 35.6 Å². The summed E-state index contributed by atoms with van der Waals surface area (Å²) in [4.78, 5) is 3.86. The van der Waals surface area contributed by atoms with Gasteiger partial charge in [0.15, 0.2) is 5.03 Å². The Bertz CT molecular complexity index is 617. The molecule has 0 radical (unpaired) electrons. The average molecular weight is 253 g/mol. The highest BCUT2D eigenvalue weighted by Gasteiger charge is 2.18. The summed E-state index contributed by atoms with van der Waals surface area (Å²) < 4.78 is 27.4. The van der Waals surface area contributed by atoms with E-state index in [0.717, 1.165) is 0 Å². The van der Waals surface area contributed by atoms with Crippen LogP contribution >= 0.6 is 0 Å². The van der Waals surface area contributed by atoms with E-state index in [9.17, 15) is 8.42 Å². The molecule has 0 spiro atoms. The van der Waals surface area contributed by atoms with Crippen molar-refractivity contribution in [1.82, 2.24) is 14.8 Å². The summed E-state index contributed by atoms with van der Waals surface area (Å²) in [6, 6.07) is 4.46. The molecule has 0 aromatic carbocycles. The van der Waals surface area contributed by atoms with Gasteiger partial charge in [-0.25, -0.2) is 4.98 Å². The van der Waals surface area contributed by atoms with E-state index in [0.29, 0.717) is 5.69 Å². The molecule has 2 heterocycles. The molecule has 8 heteroatoms. The van der Waals surface area contributed by atoms with E-state index in [-0.39, 0.29) is 10.8 Å². The van der Waals surface area contributed by atoms with Gasteiger partial charge in [-0.15, -0.1) is 0 Å². The second-order valence-corrected chi connectivity index (χ2v) is 5.00. The molecule has 2 aromatic heterocycles. The van der Waals surface area contributed by atoms with Gasteiger partial charge in [0.25, 0.3) is 10.0 Å². The Morgan fingerprint density at radius 3 is 2.65 bits per heavy atom. The summed E-state index contributed by atoms with van der Waals surface area (Å²) in [5.41, 5.74) is 5.92. The molecule has 7 nitrogen and oxygen atoms in total. The summed E-state index contributed by atoms with van der Waals surface area (Å²) in [6.45, 7) is 0. The maximum absolute atomic E-state index is 11.9. The Hall–Kier alpha value is -2.09. The molecule has 0 fully saturated rings. The van der Waals surface area contributed by atoms with Gasteiger partial charge in [-0.3, -0.25) is 9.40 Å². The normalized spacial score (nSPS) is 11.4. The number of aromatic nitrogens is 3. The number of nitrogens with one attached hydrogen (secondary N) is 1. The first-order valence-electron chi connectivity index (χ1n) is 4.71. The van der Waals surface area contributed by atoms with Crippen LogP contribution in [0.3, 0.4) is 0 Å². The molecular weight excluding hydrogens is 242 g/mol. The fourth-order valence-corrected chi connectivity index (χ4v) is 2.42. The highest BCUT2D eigenvalue weighted by molar-refractivity contribution is 7.92. The number of aryl methyl sites for hydroxylation is 1. The molecule has 2 aromatic rings. The number of nitrogen functional groups attached to an aromatic ring is 1. The molecule has 0 unspecified atom stereocenters. The van der Waals surface area contributed by atoms with E-state index >= 15 is 0 Å². The fourth-order valence-electron chi connectivity index (χ4n) is 1.28. The fraction of sp³-hybridized carbons (Fsp3) is 0.111. The summed E-state index contributed by atoms with van der Waals surface area (Å²) in [5.74, 6) is 0.209. The SMILES string of the molecule is Cn1nccc1S(=O)(=O)Nc1ccc(N)cn1. The number of nitrogens with two attached hydrogens (primary N) is 1. The van der Waals surface area contributed by atoms with Crippen molar-refractivity contribution in [2.24, 2.45) is 7.05 Å². The number of rotatable bonds is 3. The lowest BCUT2D eigenvalue weighted by Gasteiger charge is -2.07. The molecule has 0 aliphatic rings. The molecule has 0 amide bonds. The van der Waals surface area contributed by atoms with E-state index < -0.39 is 10.0 Å². The van der Waals surface area contributed by atoms with Crippen molar-refractivity contribution < 1.29 is 8.42 Å². The quantitative estimate of drug-likeness (QED) is 0.813. The van der Waals surface area contributed by atoms with Gasteiger partial charge >= 0.3 is 0 Å². The van der Waals surface area contributed by atoms with Gasteiger partial charge in [0.05, 0.1) is 18.1 Å². The lowest BCUT2D eigenvalue weighted by atomic mass is 10.4. The minimum atomic E-state index is -3.67. The van der Waals surface area contributed by atoms with E-state index in [2.05, 4.69) is 14.8 Å². The number of sulfonamides is 1. The van der Waals surface area contributed by atoms with E-state index in [1.807, 2.05) is 0 Å². The van der Waals surface area contributed by atoms with Crippen molar-refractivity contribution in [2.75, 3.05) is 10.5 Å². The standard InChI is InChI=1S/C9H11N5O2S/c1-14-9(4-5-12-14)17(15,16)13-8-3-2-7(10)6-11-8/h2-6H,10H2,1H3,(H,11,13). The van der Waals surface area contributed by atoms with Crippen LogP contribution in [-0.4, -0.2) is 23.2 Å². The second kappa shape index (κ2) is 4.06. The van der Waals surface area contributed by atoms with Crippen LogP contribution in [0.4, 0.5) is 11.5 Å². The lowest BCUT2D eigenvalue weighted by molar-refractivity contribution is 0.582. The number of hydrogen-bond donors (Lipinski definition) is 2. The molecule has 17 heavy (non-hydrogen) atoms. The van der Waals surface area contributed by atoms with Gasteiger partial charge in [-0.2, -0.15) is 13.5 Å². The van der Waals surface area contributed by atoms with Crippen molar-refractivity contribution in [3.05, 3.63) is 30.6 Å². The smallest absolute Gasteiger partial charge is 0.280 e. The molecule has 3 N–H and O–H groups in total. The molecule has 0 saturated carbocycles. The van der Waals surface area contributed by atoms with Crippen LogP contribution in [0.2, 0.25) is 0 Å². The Morgan fingerprint density at radius 1 is 1.35 bits per heavy atom. The predicted octanol–water partition coefficient (Wildman–Crippen LogP) is 0.198. The van der Waals surface area contributed by atoms with E-state index in [1.165, 1.54) is 29.2 Å². The molecule has 2 rings (SSSR count). The van der Waals surface area contributed by atoms with Crippen LogP contribution in [0.5, 0.6) is 0 Å². The van der Waals surface area contributed by atoms with Crippen LogP contribution in [0.25, 0.3) is 0 Å². The van der Waals surface area contributed by atoms with Gasteiger partial charge in [0.1, 0.15) is 5.82 Å². The zero-order chi connectivity index (χ0) is 12.5. The Labute approximate surface area is 98.3 Å². The van der Waals surface area contributed by atoms with Crippen molar-refractivity contribution in [2.45, 2.75) is 5.03 Å². The number of nitrogens with zero attached hydrogens (tertiary/aromatic N) is 3. The van der Waals surface area contributed by atoms with Gasteiger partial charge in [0.2, 0.25) is 0 Å². The maximum atomic E-state index is 11.9. The predicted molar refractivity (Wildman–Crippen MR) is 62.7 cm³/mol. The summed E-state index contributed by atoms with van der Waals surface area (Å²) in [7, 11) is -2.12. The van der Waals surface area contributed by atoms with Crippen LogP contribution in [0, 0.1) is 0 Å². The number of anilines is 2. The van der Waals surface area contributed by atoms with Crippen molar-refractivity contribution in [3.8, 4) is 0 Å². The highest BCUT2D eigenvalue weighted by Crippen LogP contribution is 2.13. The molecular formula is C9H11N5O2S. The molecule has 0 aliphatic heterocycles. The van der Waals surface area contributed by atoms with Gasteiger partial charge < -0.3 is 5.73 Å². The van der Waals surface area contributed by atoms with E-state index in [1.54, 1.807) is 13.1 Å². The number of pyridine rings is 1. The maximum Gasteiger partial charge on any atom is 0.280 e. The third kappa shape index (κ3) is 2.36. The lowest BCUT2D eigenvalue weighted by Crippen LogP contribution is -2.17. The van der Waals surface area contributed by atoms with Crippen molar-refractivity contribution in [1.29, 1.82) is 0 Å². The zero-order valence-electron chi connectivity index (χ0n) is 9.03. The van der Waals surface area contributed by atoms with Crippen LogP contribution in [-0.2, 0) is 17.1 Å². The highest BCUT2D eigenvalue weighted by atomic mass is 32.2. The Kier molecular flexibility index (Phi) is 2.72. The minimum Gasteiger partial charge on any atom is -0.397 e. The molecule has 90 valence electrons. The van der Waals surface area contributed by atoms with Crippen molar-refractivity contribution in [3.63, 3.8) is 0 Å². The first kappa shape index (κ1) is 11.4. The first-order valence-corrected chi connectivity index (χ1v) is 6.20. The average Bonchev–Trinajstić information content (AvgIpc) is 2.68. The molecule has 0 saturated heterocycles. The third-order valence-corrected chi connectivity index (χ3v) is 3.51. The Morgan fingerprint density at radius 2 is 2.12 bits per heavy atom. The van der Waals surface area contributed by atoms with Crippen LogP contribution in [0.1, 0.15) is 0 Å². The van der Waals surface area contributed by atoms with Crippen LogP contribution < -0.4 is 10.5 Å². The third-order valence-electron chi connectivity index (χ3n) is 2.08. The molecule has 0 atom stereocenters. The number of hydrogen-bond acceptors (Lipinski definition) is 5. The monoisotopic (exact) mass is 253 g/mol. The summed E-state index contributed by atoms with van der Waals surface area (Å²) in [6.07, 6.45) is 2.78. The molecule has 0 bridgehead atoms. The Balaban J connectivity index is 2.30. The largest absolute Gasteiger partial charge is 0.397 e. The van der Waals surface area contributed by atoms with Gasteiger partial charge in [0, 0.05) is 7.05 Å². The first-order chi connectivity index (χ1) is 7.99. The summed E-state index contributed by atoms with van der Waals surface area (Å²) >= 11 is 0. The molecule has 0 aliphatic carbocycles. The minimum absolute atomic E-state index is 0.0659. The zero-order valence-corrected chi connectivity index (χ0v) is 9.85. The van der Waals surface area contributed by atoms with Gasteiger partial charge in [-0.05, 0) is 18.2 Å². The van der Waals surface area contributed by atoms with E-state index in [4.69, 9.17) is 5.73 Å². The van der Waals surface area contributed by atoms with Gasteiger partial charge in [-0.1, -0.05) is 0 Å². The topological polar surface area (TPSA) is 103 Å². The summed E-state index contributed by atoms with van der Waals surface area (Å²) in [5, 5.41) is 3.86. The van der Waals surface area contributed by atoms with Crippen molar-refractivity contribution >= 4 is 21.5 Å². The second-order valence-electron chi connectivity index (χ2n) is 3.38.